The lowest BCUT2D eigenvalue weighted by atomic mass is 9.96. The Hall–Kier alpha value is -2.20. The molecule has 24 heavy (non-hydrogen) atoms. The molecule has 0 aliphatic carbocycles. The molecule has 0 fully saturated rings. The molecule has 4 nitrogen and oxygen atoms in total. The topological polar surface area (TPSA) is 47.6 Å². The molecular weight excluding hydrogens is 326 g/mol. The van der Waals surface area contributed by atoms with Gasteiger partial charge in [0.25, 0.3) is 0 Å². The van der Waals surface area contributed by atoms with Crippen molar-refractivity contribution in [2.45, 2.75) is 13.3 Å². The Morgan fingerprint density at radius 3 is 2.88 bits per heavy atom. The predicted octanol–water partition coefficient (Wildman–Crippen LogP) is 3.39. The second kappa shape index (κ2) is 7.58. The highest BCUT2D eigenvalue weighted by Crippen LogP contribution is 2.29. The van der Waals surface area contributed by atoms with Crippen molar-refractivity contribution in [2.24, 2.45) is 5.92 Å². The van der Waals surface area contributed by atoms with Crippen LogP contribution in [0.15, 0.2) is 42.5 Å². The number of hydrogen-bond acceptors (Lipinski definition) is 3. The van der Waals surface area contributed by atoms with Crippen molar-refractivity contribution in [3.05, 3.63) is 58.6 Å². The Kier molecular flexibility index (Phi) is 5.26. The summed E-state index contributed by atoms with van der Waals surface area (Å²) in [4.78, 5) is 12.3. The number of fused-ring (bicyclic) bond motifs is 1. The molecule has 0 radical (unpaired) electrons. The highest BCUT2D eigenvalue weighted by molar-refractivity contribution is 6.30. The lowest BCUT2D eigenvalue weighted by Gasteiger charge is -2.24. The molecule has 2 aromatic rings. The summed E-state index contributed by atoms with van der Waals surface area (Å²) in [6.07, 6.45) is 0.639. The first kappa shape index (κ1) is 16.7. The van der Waals surface area contributed by atoms with E-state index < -0.39 is 0 Å². The van der Waals surface area contributed by atoms with Gasteiger partial charge in [0.1, 0.15) is 24.7 Å². The van der Waals surface area contributed by atoms with E-state index in [-0.39, 0.29) is 11.8 Å². The predicted molar refractivity (Wildman–Crippen MR) is 93.8 cm³/mol. The van der Waals surface area contributed by atoms with Gasteiger partial charge in [-0.25, -0.2) is 0 Å². The Morgan fingerprint density at radius 2 is 2.08 bits per heavy atom. The average molecular weight is 346 g/mol. The molecule has 1 N–H and O–H groups in total. The molecule has 1 amide bonds. The third-order valence-corrected chi connectivity index (χ3v) is 4.23. The van der Waals surface area contributed by atoms with Gasteiger partial charge in [0, 0.05) is 5.02 Å². The molecule has 1 atom stereocenters. The van der Waals surface area contributed by atoms with Gasteiger partial charge in [0.05, 0.1) is 12.5 Å². The zero-order valence-electron chi connectivity index (χ0n) is 13.5. The molecule has 1 heterocycles. The van der Waals surface area contributed by atoms with Gasteiger partial charge < -0.3 is 14.8 Å². The maximum atomic E-state index is 12.3. The van der Waals surface area contributed by atoms with Gasteiger partial charge in [0.2, 0.25) is 5.91 Å². The molecule has 0 saturated carbocycles. The Labute approximate surface area is 146 Å². The summed E-state index contributed by atoms with van der Waals surface area (Å²) in [5, 5.41) is 3.56. The minimum absolute atomic E-state index is 0.0202. The first-order valence-corrected chi connectivity index (χ1v) is 8.38. The summed E-state index contributed by atoms with van der Waals surface area (Å²) in [5.41, 5.74) is 2.16. The summed E-state index contributed by atoms with van der Waals surface area (Å²) in [6.45, 7) is 3.32. The van der Waals surface area contributed by atoms with Crippen LogP contribution in [0.3, 0.4) is 0 Å². The van der Waals surface area contributed by atoms with Crippen LogP contribution >= 0.6 is 11.6 Å². The molecule has 0 spiro atoms. The first-order valence-electron chi connectivity index (χ1n) is 8.00. The Bertz CT molecular complexity index is 715. The smallest absolute Gasteiger partial charge is 0.227 e. The quantitative estimate of drug-likeness (QED) is 0.845. The van der Waals surface area contributed by atoms with Crippen LogP contribution in [0.4, 0.5) is 0 Å². The van der Waals surface area contributed by atoms with Crippen LogP contribution in [0.25, 0.3) is 0 Å². The van der Waals surface area contributed by atoms with Gasteiger partial charge >= 0.3 is 0 Å². The Morgan fingerprint density at radius 1 is 1.29 bits per heavy atom. The molecule has 1 aliphatic heterocycles. The van der Waals surface area contributed by atoms with E-state index in [9.17, 15) is 4.79 Å². The molecule has 1 aliphatic rings. The molecule has 0 aromatic heterocycles. The highest BCUT2D eigenvalue weighted by atomic mass is 35.5. The molecule has 0 unspecified atom stereocenters. The van der Waals surface area contributed by atoms with E-state index in [0.717, 1.165) is 17.1 Å². The molecular formula is C19H20ClNO3. The summed E-state index contributed by atoms with van der Waals surface area (Å²) in [6, 6.07) is 13.3. The van der Waals surface area contributed by atoms with Crippen LogP contribution in [0.2, 0.25) is 5.02 Å². The minimum Gasteiger partial charge on any atom is -0.492 e. The van der Waals surface area contributed by atoms with Gasteiger partial charge in [-0.05, 0) is 49.2 Å². The normalized spacial score (nSPS) is 16.0. The van der Waals surface area contributed by atoms with Crippen molar-refractivity contribution >= 4 is 17.5 Å². The number of aryl methyl sites for hydroxylation is 1. The molecule has 0 saturated heterocycles. The number of nitrogens with one attached hydrogen (secondary N) is 1. The molecule has 126 valence electrons. The van der Waals surface area contributed by atoms with Crippen molar-refractivity contribution in [2.75, 3.05) is 19.8 Å². The Balaban J connectivity index is 1.45. The van der Waals surface area contributed by atoms with Gasteiger partial charge in [-0.2, -0.15) is 0 Å². The van der Waals surface area contributed by atoms with E-state index >= 15 is 0 Å². The first-order chi connectivity index (χ1) is 11.6. The van der Waals surface area contributed by atoms with Crippen LogP contribution in [-0.2, 0) is 11.2 Å². The summed E-state index contributed by atoms with van der Waals surface area (Å²) >= 11 is 6.00. The average Bonchev–Trinajstić information content (AvgIpc) is 2.59. The highest BCUT2D eigenvalue weighted by Gasteiger charge is 2.25. The number of amides is 1. The third kappa shape index (κ3) is 4.20. The maximum Gasteiger partial charge on any atom is 0.227 e. The fourth-order valence-corrected chi connectivity index (χ4v) is 2.85. The number of rotatable bonds is 5. The molecule has 5 heteroatoms. The van der Waals surface area contributed by atoms with Gasteiger partial charge in [-0.15, -0.1) is 0 Å². The zero-order valence-corrected chi connectivity index (χ0v) is 14.3. The number of halogens is 1. The van der Waals surface area contributed by atoms with Gasteiger partial charge in [-0.3, -0.25) is 4.79 Å². The molecule has 3 rings (SSSR count). The lowest BCUT2D eigenvalue weighted by Crippen LogP contribution is -2.39. The number of carbonyl (C=O) groups is 1. The minimum atomic E-state index is -0.199. The second-order valence-electron chi connectivity index (χ2n) is 5.92. The molecule has 2 aromatic carbocycles. The van der Waals surface area contributed by atoms with Crippen LogP contribution in [0, 0.1) is 12.8 Å². The summed E-state index contributed by atoms with van der Waals surface area (Å²) < 4.78 is 11.3. The van der Waals surface area contributed by atoms with Crippen molar-refractivity contribution < 1.29 is 14.3 Å². The van der Waals surface area contributed by atoms with E-state index in [1.165, 1.54) is 5.56 Å². The standard InChI is InChI=1S/C19H20ClNO3/c1-13-2-5-17(6-3-13)23-9-8-21-19(22)15-10-14-11-16(20)4-7-18(14)24-12-15/h2-7,11,15H,8-10,12H2,1H3,(H,21,22)/t15-/m0/s1. The largest absolute Gasteiger partial charge is 0.492 e. The number of benzene rings is 2. The SMILES string of the molecule is Cc1ccc(OCCNC(=O)[C@@H]2COc3ccc(Cl)cc3C2)cc1. The molecule has 0 bridgehead atoms. The van der Waals surface area contributed by atoms with Gasteiger partial charge in [-0.1, -0.05) is 29.3 Å². The van der Waals surface area contributed by atoms with Gasteiger partial charge in [0.15, 0.2) is 0 Å². The van der Waals surface area contributed by atoms with E-state index in [4.69, 9.17) is 21.1 Å². The van der Waals surface area contributed by atoms with Crippen molar-refractivity contribution in [1.82, 2.24) is 5.32 Å². The maximum absolute atomic E-state index is 12.3. The van der Waals surface area contributed by atoms with Crippen LogP contribution in [0.1, 0.15) is 11.1 Å². The van der Waals surface area contributed by atoms with E-state index in [2.05, 4.69) is 5.32 Å². The van der Waals surface area contributed by atoms with E-state index in [1.54, 1.807) is 6.07 Å². The summed E-state index contributed by atoms with van der Waals surface area (Å²) in [7, 11) is 0. The van der Waals surface area contributed by atoms with Crippen LogP contribution in [0.5, 0.6) is 11.5 Å². The van der Waals surface area contributed by atoms with E-state index in [0.29, 0.717) is 31.2 Å². The third-order valence-electron chi connectivity index (χ3n) is 3.99. The van der Waals surface area contributed by atoms with Crippen molar-refractivity contribution in [3.8, 4) is 11.5 Å². The second-order valence-corrected chi connectivity index (χ2v) is 6.35. The number of hydrogen-bond donors (Lipinski definition) is 1. The van der Waals surface area contributed by atoms with E-state index in [1.807, 2.05) is 43.3 Å². The number of carbonyl (C=O) groups excluding carboxylic acids is 1. The zero-order chi connectivity index (χ0) is 16.9. The fourth-order valence-electron chi connectivity index (χ4n) is 2.65. The van der Waals surface area contributed by atoms with Crippen molar-refractivity contribution in [3.63, 3.8) is 0 Å². The fraction of sp³-hybridized carbons (Fsp3) is 0.316. The summed E-state index contributed by atoms with van der Waals surface area (Å²) in [5.74, 6) is 1.40. The van der Waals surface area contributed by atoms with Crippen molar-refractivity contribution in [1.29, 1.82) is 0 Å². The monoisotopic (exact) mass is 345 g/mol. The number of ether oxygens (including phenoxy) is 2. The van der Waals surface area contributed by atoms with Crippen LogP contribution in [-0.4, -0.2) is 25.7 Å². The lowest BCUT2D eigenvalue weighted by molar-refractivity contribution is -0.126. The van der Waals surface area contributed by atoms with Crippen LogP contribution < -0.4 is 14.8 Å².